The molecule has 6 rings (SSSR count). The standard InChI is InChI=1S/C55H70O3/c1-3-5-15-54(57)51-37-33-49(34-38-51)47-29-25-45(26-30-47)43-21-17-41(18-22-43)11-7-9-13-53(56)14-10-8-12-42-19-23-44(24-20-42)46-27-31-48(32-28-46)50-35-39-52(40-36-50)55(58)16-6-4-2/h17-32,49-52H,3-16,33-40H2,1-2H3. The van der Waals surface area contributed by atoms with Gasteiger partial charge in [-0.3, -0.25) is 14.4 Å². The number of aryl methyl sites for hydroxylation is 2. The van der Waals surface area contributed by atoms with E-state index in [0.717, 1.165) is 128 Å². The molecule has 58 heavy (non-hydrogen) atoms. The van der Waals surface area contributed by atoms with E-state index in [0.29, 0.717) is 53.9 Å². The van der Waals surface area contributed by atoms with E-state index in [9.17, 15) is 14.4 Å². The van der Waals surface area contributed by atoms with E-state index in [1.807, 2.05) is 0 Å². The van der Waals surface area contributed by atoms with Crippen molar-refractivity contribution in [3.8, 4) is 22.3 Å². The molecule has 2 aliphatic rings. The molecule has 2 fully saturated rings. The summed E-state index contributed by atoms with van der Waals surface area (Å²) in [6, 6.07) is 36.2. The molecule has 4 aromatic carbocycles. The molecule has 3 nitrogen and oxygen atoms in total. The number of unbranched alkanes of at least 4 members (excludes halogenated alkanes) is 4. The average Bonchev–Trinajstić information content (AvgIpc) is 3.28. The van der Waals surface area contributed by atoms with Crippen molar-refractivity contribution in [1.29, 1.82) is 0 Å². The van der Waals surface area contributed by atoms with E-state index < -0.39 is 0 Å². The first-order valence-corrected chi connectivity index (χ1v) is 23.4. The molecule has 0 N–H and O–H groups in total. The molecule has 0 amide bonds. The molecule has 0 saturated heterocycles. The minimum Gasteiger partial charge on any atom is -0.300 e. The Labute approximate surface area is 350 Å². The lowest BCUT2D eigenvalue weighted by Gasteiger charge is -2.28. The van der Waals surface area contributed by atoms with Gasteiger partial charge in [0.2, 0.25) is 0 Å². The predicted octanol–water partition coefficient (Wildman–Crippen LogP) is 14.8. The van der Waals surface area contributed by atoms with Gasteiger partial charge in [0.25, 0.3) is 0 Å². The Kier molecular flexibility index (Phi) is 17.1. The zero-order valence-electron chi connectivity index (χ0n) is 35.8. The Bertz CT molecular complexity index is 1700. The van der Waals surface area contributed by atoms with Gasteiger partial charge < -0.3 is 0 Å². The van der Waals surface area contributed by atoms with Crippen molar-refractivity contribution in [1.82, 2.24) is 0 Å². The van der Waals surface area contributed by atoms with Crippen molar-refractivity contribution in [2.75, 3.05) is 0 Å². The van der Waals surface area contributed by atoms with Crippen LogP contribution in [-0.4, -0.2) is 17.3 Å². The number of ketones is 3. The minimum absolute atomic E-state index is 0.292. The highest BCUT2D eigenvalue weighted by atomic mass is 16.1. The SMILES string of the molecule is CCCCC(=O)C1CCC(c2ccc(-c3ccc(CCCCC(=O)CCCCc4ccc(-c5ccc(C6CCC(C(=O)CCCC)CC6)cc5)cc4)cc3)cc2)CC1. The summed E-state index contributed by atoms with van der Waals surface area (Å²) in [5.41, 5.74) is 10.5. The predicted molar refractivity (Wildman–Crippen MR) is 242 cm³/mol. The molecule has 0 aliphatic heterocycles. The molecule has 0 spiro atoms. The number of carbonyl (C=O) groups excluding carboxylic acids is 3. The number of carbonyl (C=O) groups is 3. The van der Waals surface area contributed by atoms with Crippen LogP contribution in [0, 0.1) is 11.8 Å². The molecule has 2 aliphatic carbocycles. The van der Waals surface area contributed by atoms with E-state index in [2.05, 4.69) is 111 Å². The van der Waals surface area contributed by atoms with E-state index in [1.54, 1.807) is 0 Å². The Balaban J connectivity index is 0.825. The molecule has 0 unspecified atom stereocenters. The Morgan fingerprint density at radius 2 is 0.724 bits per heavy atom. The number of rotatable bonds is 22. The summed E-state index contributed by atoms with van der Waals surface area (Å²) in [5.74, 6) is 3.13. The maximum absolute atomic E-state index is 12.6. The minimum atomic E-state index is 0.292. The van der Waals surface area contributed by atoms with Crippen molar-refractivity contribution < 1.29 is 14.4 Å². The average molecular weight is 779 g/mol. The first-order chi connectivity index (χ1) is 28.4. The largest absolute Gasteiger partial charge is 0.300 e. The van der Waals surface area contributed by atoms with Gasteiger partial charge >= 0.3 is 0 Å². The molecule has 2 saturated carbocycles. The topological polar surface area (TPSA) is 51.2 Å². The van der Waals surface area contributed by atoms with Gasteiger partial charge in [-0.2, -0.15) is 0 Å². The van der Waals surface area contributed by atoms with Gasteiger partial charge in [-0.25, -0.2) is 0 Å². The lowest BCUT2D eigenvalue weighted by Crippen LogP contribution is -2.21. The van der Waals surface area contributed by atoms with Gasteiger partial charge in [0, 0.05) is 37.5 Å². The molecular weight excluding hydrogens is 709 g/mol. The molecule has 0 aromatic heterocycles. The van der Waals surface area contributed by atoms with Crippen molar-refractivity contribution >= 4 is 17.3 Å². The highest BCUT2D eigenvalue weighted by molar-refractivity contribution is 5.81. The van der Waals surface area contributed by atoms with Crippen LogP contribution >= 0.6 is 0 Å². The van der Waals surface area contributed by atoms with E-state index in [-0.39, 0.29) is 0 Å². The fraction of sp³-hybridized carbons (Fsp3) is 0.509. The van der Waals surface area contributed by atoms with Crippen LogP contribution in [0.1, 0.15) is 176 Å². The number of benzene rings is 4. The number of Topliss-reactive ketones (excluding diaryl/α,β-unsaturated/α-hetero) is 3. The number of hydrogen-bond acceptors (Lipinski definition) is 3. The fourth-order valence-corrected chi connectivity index (χ4v) is 9.66. The molecule has 0 atom stereocenters. The summed E-state index contributed by atoms with van der Waals surface area (Å²) < 4.78 is 0. The van der Waals surface area contributed by atoms with Gasteiger partial charge in [-0.15, -0.1) is 0 Å². The van der Waals surface area contributed by atoms with Crippen molar-refractivity contribution in [2.45, 2.75) is 167 Å². The monoisotopic (exact) mass is 779 g/mol. The smallest absolute Gasteiger partial charge is 0.135 e. The molecule has 0 heterocycles. The van der Waals surface area contributed by atoms with Crippen molar-refractivity contribution in [3.63, 3.8) is 0 Å². The van der Waals surface area contributed by atoms with Crippen molar-refractivity contribution in [3.05, 3.63) is 119 Å². The van der Waals surface area contributed by atoms with Crippen LogP contribution in [0.4, 0.5) is 0 Å². The molecule has 0 radical (unpaired) electrons. The normalized spacial score (nSPS) is 19.5. The van der Waals surface area contributed by atoms with Crippen LogP contribution in [0.25, 0.3) is 22.3 Å². The van der Waals surface area contributed by atoms with Gasteiger partial charge in [-0.05, 0) is 159 Å². The van der Waals surface area contributed by atoms with Crippen LogP contribution in [0.2, 0.25) is 0 Å². The summed E-state index contributed by atoms with van der Waals surface area (Å²) in [7, 11) is 0. The summed E-state index contributed by atoms with van der Waals surface area (Å²) in [5, 5.41) is 0. The highest BCUT2D eigenvalue weighted by Crippen LogP contribution is 2.39. The van der Waals surface area contributed by atoms with Crippen LogP contribution in [0.3, 0.4) is 0 Å². The maximum atomic E-state index is 12.6. The second-order valence-corrected chi connectivity index (χ2v) is 17.8. The van der Waals surface area contributed by atoms with Crippen LogP contribution in [0.15, 0.2) is 97.1 Å². The second kappa shape index (κ2) is 22.9. The van der Waals surface area contributed by atoms with E-state index in [1.165, 1.54) is 44.5 Å². The van der Waals surface area contributed by atoms with Crippen LogP contribution < -0.4 is 0 Å². The Morgan fingerprint density at radius 3 is 1.05 bits per heavy atom. The van der Waals surface area contributed by atoms with Crippen LogP contribution in [0.5, 0.6) is 0 Å². The summed E-state index contributed by atoms with van der Waals surface area (Å²) in [6.07, 6.45) is 21.9. The summed E-state index contributed by atoms with van der Waals surface area (Å²) in [6.45, 7) is 4.32. The lowest BCUT2D eigenvalue weighted by atomic mass is 9.76. The molecule has 4 aromatic rings. The summed E-state index contributed by atoms with van der Waals surface area (Å²) >= 11 is 0. The maximum Gasteiger partial charge on any atom is 0.135 e. The van der Waals surface area contributed by atoms with Gasteiger partial charge in [0.05, 0.1) is 0 Å². The van der Waals surface area contributed by atoms with Crippen molar-refractivity contribution in [2.24, 2.45) is 11.8 Å². The van der Waals surface area contributed by atoms with Gasteiger partial charge in [0.15, 0.2) is 0 Å². The molecule has 3 heteroatoms. The first-order valence-electron chi connectivity index (χ1n) is 23.4. The third-order valence-corrected chi connectivity index (χ3v) is 13.6. The van der Waals surface area contributed by atoms with Crippen LogP contribution in [-0.2, 0) is 27.2 Å². The summed E-state index contributed by atoms with van der Waals surface area (Å²) in [4.78, 5) is 37.6. The molecular formula is C55H70O3. The Hall–Kier alpha value is -4.11. The third kappa shape index (κ3) is 12.9. The first kappa shape index (κ1) is 43.5. The molecule has 0 bridgehead atoms. The highest BCUT2D eigenvalue weighted by Gasteiger charge is 2.28. The third-order valence-electron chi connectivity index (χ3n) is 13.6. The van der Waals surface area contributed by atoms with E-state index >= 15 is 0 Å². The number of hydrogen-bond donors (Lipinski definition) is 0. The second-order valence-electron chi connectivity index (χ2n) is 17.8. The molecule has 308 valence electrons. The van der Waals surface area contributed by atoms with E-state index in [4.69, 9.17) is 0 Å². The Morgan fingerprint density at radius 1 is 0.397 bits per heavy atom. The van der Waals surface area contributed by atoms with Gasteiger partial charge in [0.1, 0.15) is 17.3 Å². The van der Waals surface area contributed by atoms with Gasteiger partial charge in [-0.1, -0.05) is 124 Å². The fourth-order valence-electron chi connectivity index (χ4n) is 9.66. The zero-order valence-corrected chi connectivity index (χ0v) is 35.8. The zero-order chi connectivity index (χ0) is 40.5. The quantitative estimate of drug-likeness (QED) is 0.0747. The lowest BCUT2D eigenvalue weighted by molar-refractivity contribution is -0.124.